The lowest BCUT2D eigenvalue weighted by Gasteiger charge is -2.26. The third kappa shape index (κ3) is 3.32. The first-order chi connectivity index (χ1) is 8.41. The fourth-order valence-corrected chi connectivity index (χ4v) is 1.90. The molecule has 0 aliphatic heterocycles. The van der Waals surface area contributed by atoms with Crippen LogP contribution in [0.3, 0.4) is 0 Å². The minimum Gasteiger partial charge on any atom is -0.351 e. The van der Waals surface area contributed by atoms with Crippen molar-refractivity contribution in [2.75, 3.05) is 24.5 Å². The van der Waals surface area contributed by atoms with Crippen LogP contribution in [-0.4, -0.2) is 29.2 Å². The molecule has 5 nitrogen and oxygen atoms in total. The van der Waals surface area contributed by atoms with E-state index in [9.17, 15) is 4.79 Å². The zero-order valence-electron chi connectivity index (χ0n) is 11.8. The Hall–Kier alpha value is -1.36. The second-order valence-electron chi connectivity index (χ2n) is 5.37. The molecule has 0 atom stereocenters. The average molecular weight is 252 g/mol. The molecule has 0 radical (unpaired) electrons. The Bertz CT molecular complexity index is 427. The highest BCUT2D eigenvalue weighted by atomic mass is 16.1. The lowest BCUT2D eigenvalue weighted by atomic mass is 10.1. The van der Waals surface area contributed by atoms with Crippen LogP contribution >= 0.6 is 0 Å². The molecule has 0 saturated heterocycles. The van der Waals surface area contributed by atoms with E-state index in [2.05, 4.69) is 11.9 Å². The second kappa shape index (κ2) is 6.00. The number of anilines is 1. The van der Waals surface area contributed by atoms with Gasteiger partial charge in [-0.05, 0) is 27.2 Å². The average Bonchev–Trinajstić information content (AvgIpc) is 2.27. The Morgan fingerprint density at radius 1 is 1.39 bits per heavy atom. The van der Waals surface area contributed by atoms with E-state index in [1.165, 1.54) is 0 Å². The van der Waals surface area contributed by atoms with Crippen molar-refractivity contribution in [3.05, 3.63) is 22.7 Å². The van der Waals surface area contributed by atoms with Crippen LogP contribution in [0.25, 0.3) is 0 Å². The number of aromatic nitrogens is 2. The van der Waals surface area contributed by atoms with Gasteiger partial charge < -0.3 is 15.2 Å². The summed E-state index contributed by atoms with van der Waals surface area (Å²) < 4.78 is 1.72. The highest BCUT2D eigenvalue weighted by Gasteiger charge is 2.19. The van der Waals surface area contributed by atoms with E-state index in [-0.39, 0.29) is 11.1 Å². The maximum Gasteiger partial charge on any atom is 0.293 e. The summed E-state index contributed by atoms with van der Waals surface area (Å²) in [6, 6.07) is 0. The monoisotopic (exact) mass is 252 g/mol. The number of rotatable bonds is 5. The van der Waals surface area contributed by atoms with Gasteiger partial charge in [-0.1, -0.05) is 6.92 Å². The van der Waals surface area contributed by atoms with E-state index >= 15 is 0 Å². The molecule has 2 N–H and O–H groups in total. The van der Waals surface area contributed by atoms with Gasteiger partial charge in [0, 0.05) is 37.6 Å². The summed E-state index contributed by atoms with van der Waals surface area (Å²) in [5.74, 6) is 0.500. The largest absolute Gasteiger partial charge is 0.351 e. The molecule has 102 valence electrons. The van der Waals surface area contributed by atoms with Crippen LogP contribution in [0.15, 0.2) is 17.2 Å². The molecule has 1 aromatic rings. The summed E-state index contributed by atoms with van der Waals surface area (Å²) in [6.07, 6.45) is 4.38. The summed E-state index contributed by atoms with van der Waals surface area (Å²) in [4.78, 5) is 18.6. The van der Waals surface area contributed by atoms with E-state index in [0.717, 1.165) is 13.0 Å². The SMILES string of the molecule is CCCN(CCN)c1nccn(C(C)(C)C)c1=O. The molecule has 0 unspecified atom stereocenters. The standard InChI is InChI=1S/C13H24N4O/c1-5-8-16(9-6-14)11-12(18)17(10-7-15-11)13(2,3)4/h7,10H,5-6,8-9,14H2,1-4H3. The van der Waals surface area contributed by atoms with Crippen molar-refractivity contribution >= 4 is 5.82 Å². The van der Waals surface area contributed by atoms with Crippen molar-refractivity contribution in [3.8, 4) is 0 Å². The van der Waals surface area contributed by atoms with Gasteiger partial charge in [-0.3, -0.25) is 4.79 Å². The molecule has 0 saturated carbocycles. The van der Waals surface area contributed by atoms with Gasteiger partial charge in [0.2, 0.25) is 0 Å². The Morgan fingerprint density at radius 2 is 2.06 bits per heavy atom. The van der Waals surface area contributed by atoms with Gasteiger partial charge in [0.1, 0.15) is 0 Å². The predicted octanol–water partition coefficient (Wildman–Crippen LogP) is 1.17. The molecule has 0 spiro atoms. The molecule has 0 aliphatic rings. The van der Waals surface area contributed by atoms with E-state index in [4.69, 9.17) is 5.73 Å². The Morgan fingerprint density at radius 3 is 2.56 bits per heavy atom. The molecule has 0 amide bonds. The first-order valence-electron chi connectivity index (χ1n) is 6.45. The van der Waals surface area contributed by atoms with Crippen molar-refractivity contribution in [2.24, 2.45) is 5.73 Å². The zero-order valence-corrected chi connectivity index (χ0v) is 11.8. The van der Waals surface area contributed by atoms with Gasteiger partial charge in [0.25, 0.3) is 5.56 Å². The Balaban J connectivity index is 3.20. The Labute approximate surface area is 109 Å². The van der Waals surface area contributed by atoms with Crippen LogP contribution in [0.4, 0.5) is 5.82 Å². The van der Waals surface area contributed by atoms with Gasteiger partial charge in [-0.25, -0.2) is 4.98 Å². The van der Waals surface area contributed by atoms with E-state index in [1.54, 1.807) is 17.0 Å². The molecule has 1 rings (SSSR count). The van der Waals surface area contributed by atoms with Crippen LogP contribution in [0.5, 0.6) is 0 Å². The molecule has 0 aromatic carbocycles. The smallest absolute Gasteiger partial charge is 0.293 e. The van der Waals surface area contributed by atoms with Crippen molar-refractivity contribution < 1.29 is 0 Å². The minimum absolute atomic E-state index is 0.0492. The van der Waals surface area contributed by atoms with Crippen LogP contribution < -0.4 is 16.2 Å². The lowest BCUT2D eigenvalue weighted by molar-refractivity contribution is 0.382. The summed E-state index contributed by atoms with van der Waals surface area (Å²) in [5.41, 5.74) is 5.30. The number of hydrogen-bond acceptors (Lipinski definition) is 4. The maximum atomic E-state index is 12.4. The van der Waals surface area contributed by atoms with E-state index < -0.39 is 0 Å². The van der Waals surface area contributed by atoms with Crippen LogP contribution in [0.1, 0.15) is 34.1 Å². The summed E-state index contributed by atoms with van der Waals surface area (Å²) in [6.45, 7) is 10.1. The van der Waals surface area contributed by atoms with E-state index in [0.29, 0.717) is 18.9 Å². The van der Waals surface area contributed by atoms with Gasteiger partial charge >= 0.3 is 0 Å². The highest BCUT2D eigenvalue weighted by Crippen LogP contribution is 2.12. The van der Waals surface area contributed by atoms with Crippen LogP contribution in [0.2, 0.25) is 0 Å². The lowest BCUT2D eigenvalue weighted by Crippen LogP contribution is -2.40. The van der Waals surface area contributed by atoms with Gasteiger partial charge in [0.05, 0.1) is 0 Å². The predicted molar refractivity (Wildman–Crippen MR) is 75.1 cm³/mol. The van der Waals surface area contributed by atoms with Crippen molar-refractivity contribution in [2.45, 2.75) is 39.7 Å². The quantitative estimate of drug-likeness (QED) is 0.854. The summed E-state index contributed by atoms with van der Waals surface area (Å²) in [7, 11) is 0. The third-order valence-electron chi connectivity index (χ3n) is 2.74. The van der Waals surface area contributed by atoms with E-state index in [1.807, 2.05) is 25.7 Å². The first-order valence-corrected chi connectivity index (χ1v) is 6.45. The molecule has 0 bridgehead atoms. The van der Waals surface area contributed by atoms with Crippen LogP contribution in [-0.2, 0) is 5.54 Å². The fourth-order valence-electron chi connectivity index (χ4n) is 1.90. The molecule has 5 heteroatoms. The van der Waals surface area contributed by atoms with Crippen molar-refractivity contribution in [1.29, 1.82) is 0 Å². The minimum atomic E-state index is -0.241. The molecular weight excluding hydrogens is 228 g/mol. The van der Waals surface area contributed by atoms with Crippen molar-refractivity contribution in [1.82, 2.24) is 9.55 Å². The normalized spacial score (nSPS) is 11.6. The summed E-state index contributed by atoms with van der Waals surface area (Å²) >= 11 is 0. The first kappa shape index (κ1) is 14.7. The molecule has 1 aromatic heterocycles. The van der Waals surface area contributed by atoms with Crippen molar-refractivity contribution in [3.63, 3.8) is 0 Å². The van der Waals surface area contributed by atoms with Gasteiger partial charge in [-0.15, -0.1) is 0 Å². The molecule has 1 heterocycles. The highest BCUT2D eigenvalue weighted by molar-refractivity contribution is 5.35. The Kier molecular flexibility index (Phi) is 4.90. The van der Waals surface area contributed by atoms with Gasteiger partial charge in [-0.2, -0.15) is 0 Å². The molecule has 0 aliphatic carbocycles. The van der Waals surface area contributed by atoms with Gasteiger partial charge in [0.15, 0.2) is 5.82 Å². The molecule has 0 fully saturated rings. The topological polar surface area (TPSA) is 64.2 Å². The van der Waals surface area contributed by atoms with Crippen LogP contribution in [0, 0.1) is 0 Å². The zero-order chi connectivity index (χ0) is 13.8. The molecular formula is C13H24N4O. The maximum absolute atomic E-state index is 12.4. The number of nitrogens with zero attached hydrogens (tertiary/aromatic N) is 3. The second-order valence-corrected chi connectivity index (χ2v) is 5.37. The third-order valence-corrected chi connectivity index (χ3v) is 2.74. The fraction of sp³-hybridized carbons (Fsp3) is 0.692. The number of nitrogens with two attached hydrogens (primary N) is 1. The summed E-state index contributed by atoms with van der Waals surface area (Å²) in [5, 5.41) is 0. The molecule has 18 heavy (non-hydrogen) atoms. The number of hydrogen-bond donors (Lipinski definition) is 1.